The van der Waals surface area contributed by atoms with E-state index in [2.05, 4.69) is 0 Å². The highest BCUT2D eigenvalue weighted by Gasteiger charge is 1.85. The summed E-state index contributed by atoms with van der Waals surface area (Å²) >= 11 is 0. The highest BCUT2D eigenvalue weighted by molar-refractivity contribution is 5.29. The van der Waals surface area contributed by atoms with Gasteiger partial charge in [0.05, 0.1) is 0 Å². The van der Waals surface area contributed by atoms with Crippen LogP contribution in [0.1, 0.15) is 0 Å². The molecule has 5 nitrogen and oxygen atoms in total. The average molecular weight is 314 g/mol. The lowest BCUT2D eigenvalue weighted by Crippen LogP contribution is -1.61. The van der Waals surface area contributed by atoms with Gasteiger partial charge in [0.25, 0.3) is 0 Å². The third-order valence-electron chi connectivity index (χ3n) is 2.46. The molecular formula is C18H18O5. The summed E-state index contributed by atoms with van der Waals surface area (Å²) in [7, 11) is 0. The monoisotopic (exact) mass is 314 g/mol. The molecule has 0 fully saturated rings. The topological polar surface area (TPSA) is 101 Å². The molecule has 0 unspecified atom stereocenters. The van der Waals surface area contributed by atoms with Gasteiger partial charge in [0.2, 0.25) is 0 Å². The molecule has 0 saturated carbocycles. The van der Waals surface area contributed by atoms with Crippen molar-refractivity contribution in [2.45, 2.75) is 0 Å². The molecule has 0 aromatic heterocycles. The lowest BCUT2D eigenvalue weighted by Gasteiger charge is -1.88. The average Bonchev–Trinajstić information content (AvgIpc) is 2.55. The predicted molar refractivity (Wildman–Crippen MR) is 87.7 cm³/mol. The molecule has 0 heterocycles. The van der Waals surface area contributed by atoms with E-state index in [0.29, 0.717) is 5.75 Å². The summed E-state index contributed by atoms with van der Waals surface area (Å²) in [6.45, 7) is 0. The lowest BCUT2D eigenvalue weighted by molar-refractivity contribution is 0.460. The molecule has 0 aliphatic carbocycles. The van der Waals surface area contributed by atoms with Crippen molar-refractivity contribution in [2.75, 3.05) is 0 Å². The van der Waals surface area contributed by atoms with E-state index in [-0.39, 0.29) is 23.0 Å². The highest BCUT2D eigenvalue weighted by atomic mass is 16.3. The first-order chi connectivity index (χ1) is 11.0. The number of benzene rings is 3. The molecule has 3 rings (SSSR count). The van der Waals surface area contributed by atoms with Crippen LogP contribution in [0.25, 0.3) is 0 Å². The molecule has 3 aromatic carbocycles. The van der Waals surface area contributed by atoms with Crippen LogP contribution in [0, 0.1) is 0 Å². The van der Waals surface area contributed by atoms with E-state index in [0.717, 1.165) is 0 Å². The van der Waals surface area contributed by atoms with Crippen molar-refractivity contribution in [3.05, 3.63) is 78.9 Å². The maximum atomic E-state index is 8.65. The second-order valence-electron chi connectivity index (χ2n) is 4.37. The van der Waals surface area contributed by atoms with Gasteiger partial charge in [-0.3, -0.25) is 0 Å². The maximum absolute atomic E-state index is 8.65. The molecule has 0 aliphatic heterocycles. The van der Waals surface area contributed by atoms with Crippen LogP contribution in [0.4, 0.5) is 0 Å². The lowest BCUT2D eigenvalue weighted by atomic mass is 10.3. The fourth-order valence-corrected chi connectivity index (χ4v) is 1.33. The van der Waals surface area contributed by atoms with Crippen LogP contribution in [0.2, 0.25) is 0 Å². The van der Waals surface area contributed by atoms with Gasteiger partial charge in [-0.05, 0) is 60.7 Å². The van der Waals surface area contributed by atoms with Crippen LogP contribution < -0.4 is 0 Å². The Bertz CT molecular complexity index is 579. The summed E-state index contributed by atoms with van der Waals surface area (Å²) in [6.07, 6.45) is 0. The van der Waals surface area contributed by atoms with E-state index in [1.54, 1.807) is 24.3 Å². The van der Waals surface area contributed by atoms with E-state index in [1.165, 1.54) is 48.5 Å². The first kappa shape index (κ1) is 17.7. The minimum atomic E-state index is 0.169. The van der Waals surface area contributed by atoms with Gasteiger partial charge in [-0.2, -0.15) is 0 Å². The molecule has 23 heavy (non-hydrogen) atoms. The summed E-state index contributed by atoms with van der Waals surface area (Å²) in [6, 6.07) is 20.1. The summed E-state index contributed by atoms with van der Waals surface area (Å²) in [5.74, 6) is 0.999. The molecule has 0 aliphatic rings. The van der Waals surface area contributed by atoms with Gasteiger partial charge < -0.3 is 25.5 Å². The molecule has 0 radical (unpaired) electrons. The van der Waals surface area contributed by atoms with Crippen LogP contribution in [0.5, 0.6) is 28.7 Å². The van der Waals surface area contributed by atoms with Crippen molar-refractivity contribution >= 4 is 0 Å². The third kappa shape index (κ3) is 8.52. The molecule has 0 saturated heterocycles. The number of rotatable bonds is 0. The fraction of sp³-hybridized carbons (Fsp3) is 0. The quantitative estimate of drug-likeness (QED) is 0.408. The van der Waals surface area contributed by atoms with Crippen LogP contribution >= 0.6 is 0 Å². The highest BCUT2D eigenvalue weighted by Crippen LogP contribution is 2.13. The van der Waals surface area contributed by atoms with Crippen LogP contribution in [-0.4, -0.2) is 25.5 Å². The second-order valence-corrected chi connectivity index (χ2v) is 4.37. The van der Waals surface area contributed by atoms with E-state index in [4.69, 9.17) is 25.5 Å². The molecule has 120 valence electrons. The zero-order valence-corrected chi connectivity index (χ0v) is 12.2. The standard InChI is InChI=1S/2C6H6O2.C6H6O/c2*7-5-1-2-6(8)4-3-5;7-6-4-2-1-3-5-6/h2*1-4,7-8H;1-5,7H. The van der Waals surface area contributed by atoms with Crippen LogP contribution in [-0.2, 0) is 0 Å². The Morgan fingerprint density at radius 2 is 0.522 bits per heavy atom. The van der Waals surface area contributed by atoms with E-state index >= 15 is 0 Å². The predicted octanol–water partition coefficient (Wildman–Crippen LogP) is 3.59. The summed E-state index contributed by atoms with van der Waals surface area (Å²) in [5.41, 5.74) is 0. The Morgan fingerprint density at radius 1 is 0.304 bits per heavy atom. The minimum absolute atomic E-state index is 0.169. The number of phenolic OH excluding ortho intramolecular Hbond substituents is 5. The van der Waals surface area contributed by atoms with Gasteiger partial charge in [-0.15, -0.1) is 0 Å². The zero-order valence-electron chi connectivity index (χ0n) is 12.2. The first-order valence-corrected chi connectivity index (χ1v) is 6.67. The Balaban J connectivity index is 0.000000173. The Hall–Kier alpha value is -3.34. The Labute approximate surface area is 134 Å². The summed E-state index contributed by atoms with van der Waals surface area (Å²) in [5, 5.41) is 43.2. The SMILES string of the molecule is Oc1ccc(O)cc1.Oc1ccc(O)cc1.Oc1ccccc1. The van der Waals surface area contributed by atoms with Gasteiger partial charge in [0, 0.05) is 0 Å². The van der Waals surface area contributed by atoms with Crippen LogP contribution in [0.15, 0.2) is 78.9 Å². The zero-order chi connectivity index (χ0) is 17.1. The van der Waals surface area contributed by atoms with Gasteiger partial charge in [-0.1, -0.05) is 18.2 Å². The molecule has 0 spiro atoms. The van der Waals surface area contributed by atoms with E-state index in [1.807, 2.05) is 6.07 Å². The van der Waals surface area contributed by atoms with Gasteiger partial charge in [-0.25, -0.2) is 0 Å². The van der Waals surface area contributed by atoms with Crippen molar-refractivity contribution < 1.29 is 25.5 Å². The second kappa shape index (κ2) is 9.57. The molecule has 5 N–H and O–H groups in total. The molecule has 0 bridgehead atoms. The normalized spacial score (nSPS) is 8.87. The Kier molecular flexibility index (Phi) is 7.37. The number of para-hydroxylation sites is 1. The summed E-state index contributed by atoms with van der Waals surface area (Å²) in [4.78, 5) is 0. The van der Waals surface area contributed by atoms with E-state index < -0.39 is 0 Å². The third-order valence-corrected chi connectivity index (χ3v) is 2.46. The molecular weight excluding hydrogens is 296 g/mol. The van der Waals surface area contributed by atoms with Gasteiger partial charge >= 0.3 is 0 Å². The van der Waals surface area contributed by atoms with Gasteiger partial charge in [0.1, 0.15) is 28.7 Å². The smallest absolute Gasteiger partial charge is 0.115 e. The van der Waals surface area contributed by atoms with Crippen molar-refractivity contribution in [3.63, 3.8) is 0 Å². The number of hydrogen-bond donors (Lipinski definition) is 5. The largest absolute Gasteiger partial charge is 0.508 e. The van der Waals surface area contributed by atoms with Crippen molar-refractivity contribution in [1.29, 1.82) is 0 Å². The van der Waals surface area contributed by atoms with Crippen molar-refractivity contribution in [2.24, 2.45) is 0 Å². The maximum Gasteiger partial charge on any atom is 0.115 e. The van der Waals surface area contributed by atoms with Crippen LogP contribution in [0.3, 0.4) is 0 Å². The molecule has 5 heteroatoms. The molecule has 0 atom stereocenters. The van der Waals surface area contributed by atoms with Crippen molar-refractivity contribution in [1.82, 2.24) is 0 Å². The molecule has 0 amide bonds. The minimum Gasteiger partial charge on any atom is -0.508 e. The van der Waals surface area contributed by atoms with Gasteiger partial charge in [0.15, 0.2) is 0 Å². The number of aromatic hydroxyl groups is 5. The Morgan fingerprint density at radius 3 is 0.696 bits per heavy atom. The first-order valence-electron chi connectivity index (χ1n) is 6.67. The van der Waals surface area contributed by atoms with E-state index in [9.17, 15) is 0 Å². The molecule has 3 aromatic rings. The number of hydrogen-bond acceptors (Lipinski definition) is 5. The summed E-state index contributed by atoms with van der Waals surface area (Å²) < 4.78 is 0. The number of phenols is 5. The fourth-order valence-electron chi connectivity index (χ4n) is 1.33. The van der Waals surface area contributed by atoms with Crippen molar-refractivity contribution in [3.8, 4) is 28.7 Å².